The fourth-order valence-corrected chi connectivity index (χ4v) is 12.5. The second-order valence-electron chi connectivity index (χ2n) is 24.9. The van der Waals surface area contributed by atoms with E-state index >= 15 is 0 Å². The van der Waals surface area contributed by atoms with Gasteiger partial charge in [0.2, 0.25) is 0 Å². The molecule has 6 aromatic carbocycles. The van der Waals surface area contributed by atoms with Crippen molar-refractivity contribution in [3.05, 3.63) is 190 Å². The number of anilines is 6. The van der Waals surface area contributed by atoms with E-state index in [4.69, 9.17) is 13.8 Å². The summed E-state index contributed by atoms with van der Waals surface area (Å²) in [5.41, 5.74) is 23.7. The Morgan fingerprint density at radius 3 is 1.72 bits per heavy atom. The first-order chi connectivity index (χ1) is 33.6. The summed E-state index contributed by atoms with van der Waals surface area (Å²) < 4.78 is 14.6. The molecular formula is C65H62BN3O2. The normalized spacial score (nSPS) is 16.5. The van der Waals surface area contributed by atoms with Crippen LogP contribution in [-0.2, 0) is 27.1 Å². The maximum absolute atomic E-state index is 7.72. The highest BCUT2D eigenvalue weighted by Crippen LogP contribution is 2.64. The molecule has 9 aromatic rings. The highest BCUT2D eigenvalue weighted by molar-refractivity contribution is 7.00. The molecule has 5 nitrogen and oxygen atoms in total. The number of aromatic nitrogens is 1. The van der Waals surface area contributed by atoms with Crippen molar-refractivity contribution >= 4 is 68.4 Å². The molecule has 0 saturated carbocycles. The zero-order valence-electron chi connectivity index (χ0n) is 43.5. The summed E-state index contributed by atoms with van der Waals surface area (Å²) >= 11 is 0. The zero-order chi connectivity index (χ0) is 49.5. The Hall–Kier alpha value is -7.05. The lowest BCUT2D eigenvalue weighted by atomic mass is 9.35. The number of hydrogen-bond acceptors (Lipinski definition) is 5. The maximum atomic E-state index is 7.72. The minimum Gasteiger partial charge on any atom is -0.468 e. The van der Waals surface area contributed by atoms with Crippen LogP contribution in [0, 0.1) is 6.92 Å². The Labute approximate surface area is 419 Å². The quantitative estimate of drug-likeness (QED) is 0.162. The van der Waals surface area contributed by atoms with Gasteiger partial charge in [-0.25, -0.2) is 0 Å². The van der Waals surface area contributed by atoms with Crippen molar-refractivity contribution in [3.63, 3.8) is 0 Å². The first-order valence-corrected chi connectivity index (χ1v) is 25.5. The number of aryl methyl sites for hydroxylation is 1. The van der Waals surface area contributed by atoms with Crippen LogP contribution in [0.4, 0.5) is 34.1 Å². The van der Waals surface area contributed by atoms with Crippen molar-refractivity contribution in [3.8, 4) is 22.3 Å². The summed E-state index contributed by atoms with van der Waals surface area (Å²) in [5.74, 6) is 1.86. The average molecular weight is 928 g/mol. The van der Waals surface area contributed by atoms with Gasteiger partial charge in [-0.3, -0.25) is 4.98 Å². The van der Waals surface area contributed by atoms with Crippen LogP contribution in [0.3, 0.4) is 0 Å². The topological polar surface area (TPSA) is 45.7 Å². The van der Waals surface area contributed by atoms with Gasteiger partial charge in [0, 0.05) is 57.3 Å². The van der Waals surface area contributed by atoms with E-state index < -0.39 is 5.41 Å². The van der Waals surface area contributed by atoms with Crippen molar-refractivity contribution in [2.45, 2.75) is 117 Å². The van der Waals surface area contributed by atoms with Crippen molar-refractivity contribution in [1.29, 1.82) is 0 Å². The number of rotatable bonds is 2. The average Bonchev–Trinajstić information content (AvgIpc) is 4.04. The van der Waals surface area contributed by atoms with Crippen molar-refractivity contribution in [2.24, 2.45) is 0 Å². The number of fused-ring (bicyclic) bond motifs is 16. The first kappa shape index (κ1) is 43.9. The van der Waals surface area contributed by atoms with Crippen LogP contribution in [0.2, 0.25) is 0 Å². The molecule has 1 unspecified atom stereocenters. The fraction of sp³-hybridized carbons (Fsp3) is 0.277. The minimum absolute atomic E-state index is 0.00628. The maximum Gasteiger partial charge on any atom is 0.297 e. The summed E-state index contributed by atoms with van der Waals surface area (Å²) in [5, 5.41) is 1.09. The van der Waals surface area contributed by atoms with Crippen LogP contribution in [0.5, 0.6) is 0 Å². The molecule has 71 heavy (non-hydrogen) atoms. The van der Waals surface area contributed by atoms with Gasteiger partial charge in [-0.15, -0.1) is 0 Å². The van der Waals surface area contributed by atoms with E-state index in [-0.39, 0.29) is 28.4 Å². The minimum atomic E-state index is -0.690. The van der Waals surface area contributed by atoms with E-state index in [1.807, 2.05) is 6.20 Å². The second-order valence-corrected chi connectivity index (χ2v) is 24.9. The van der Waals surface area contributed by atoms with Gasteiger partial charge < -0.3 is 18.6 Å². The molecule has 3 aromatic heterocycles. The van der Waals surface area contributed by atoms with E-state index in [0.29, 0.717) is 0 Å². The second kappa shape index (κ2) is 14.3. The van der Waals surface area contributed by atoms with Gasteiger partial charge in [0.05, 0.1) is 11.3 Å². The van der Waals surface area contributed by atoms with Crippen LogP contribution >= 0.6 is 0 Å². The van der Waals surface area contributed by atoms with Crippen LogP contribution in [-0.4, -0.2) is 11.7 Å². The van der Waals surface area contributed by atoms with E-state index in [0.717, 1.165) is 61.9 Å². The van der Waals surface area contributed by atoms with Crippen molar-refractivity contribution < 1.29 is 8.83 Å². The van der Waals surface area contributed by atoms with Gasteiger partial charge in [-0.2, -0.15) is 0 Å². The smallest absolute Gasteiger partial charge is 0.297 e. The molecule has 6 heteroatoms. The molecule has 0 radical (unpaired) electrons. The number of furan rings is 2. The standard InChI is InChI=1S/C65H62BN3O2/c1-37-30-47-45-28-29-67-36-51(45)65(59(47)70-37)49-17-15-14-16-44(49)46-34-48-56(35-50(46)65)71-60-58(48)69(43-25-20-39(21-26-43)62(5,6)7)55-33-41(64(11,12)13)32-54-57(55)66(60)52-27-22-40(63(8,9)10)31-53(52)68(54)42-23-18-38(19-24-42)61(2,3)4/h14-36H,1-13H3. The lowest BCUT2D eigenvalue weighted by Crippen LogP contribution is -2.61. The zero-order valence-corrected chi connectivity index (χ0v) is 43.5. The summed E-state index contributed by atoms with van der Waals surface area (Å²) in [6.07, 6.45) is 3.97. The van der Waals surface area contributed by atoms with E-state index in [1.54, 1.807) is 0 Å². The number of nitrogens with zero attached hydrogens (tertiary/aromatic N) is 3. The molecule has 5 heterocycles. The molecule has 1 spiro atoms. The van der Waals surface area contributed by atoms with Crippen molar-refractivity contribution in [1.82, 2.24) is 4.98 Å². The summed E-state index contributed by atoms with van der Waals surface area (Å²) in [4.78, 5) is 9.88. The van der Waals surface area contributed by atoms with Gasteiger partial charge >= 0.3 is 0 Å². The molecule has 0 fully saturated rings. The number of hydrogen-bond donors (Lipinski definition) is 0. The lowest BCUT2D eigenvalue weighted by Gasteiger charge is -2.44. The molecular weight excluding hydrogens is 866 g/mol. The third-order valence-electron chi connectivity index (χ3n) is 16.3. The predicted molar refractivity (Wildman–Crippen MR) is 296 cm³/mol. The number of benzene rings is 6. The molecule has 13 rings (SSSR count). The summed E-state index contributed by atoms with van der Waals surface area (Å²) in [6.45, 7) is 29.6. The van der Waals surface area contributed by atoms with E-state index in [2.05, 4.69) is 233 Å². The third kappa shape index (κ3) is 6.09. The molecule has 1 atom stereocenters. The summed E-state index contributed by atoms with van der Waals surface area (Å²) in [7, 11) is 0. The Morgan fingerprint density at radius 1 is 0.493 bits per heavy atom. The van der Waals surface area contributed by atoms with Crippen LogP contribution < -0.4 is 26.4 Å². The lowest BCUT2D eigenvalue weighted by molar-refractivity contribution is 0.452. The molecule has 0 N–H and O–H groups in total. The van der Waals surface area contributed by atoms with Gasteiger partial charge in [0.25, 0.3) is 6.71 Å². The van der Waals surface area contributed by atoms with Gasteiger partial charge in [-0.05, 0) is 156 Å². The Bertz CT molecular complexity index is 3710. The highest BCUT2D eigenvalue weighted by atomic mass is 16.3. The molecule has 352 valence electrons. The van der Waals surface area contributed by atoms with E-state index in [9.17, 15) is 0 Å². The van der Waals surface area contributed by atoms with Crippen molar-refractivity contribution in [2.75, 3.05) is 9.80 Å². The highest BCUT2D eigenvalue weighted by Gasteiger charge is 2.56. The Balaban J connectivity index is 1.15. The predicted octanol–water partition coefficient (Wildman–Crippen LogP) is 15.3. The van der Waals surface area contributed by atoms with Crippen LogP contribution in [0.25, 0.3) is 33.2 Å². The first-order valence-electron chi connectivity index (χ1n) is 25.5. The van der Waals surface area contributed by atoms with Gasteiger partial charge in [0.1, 0.15) is 22.5 Å². The van der Waals surface area contributed by atoms with Crippen LogP contribution in [0.1, 0.15) is 134 Å². The molecule has 0 amide bonds. The molecule has 2 aliphatic heterocycles. The third-order valence-corrected chi connectivity index (χ3v) is 16.3. The Kier molecular flexibility index (Phi) is 8.85. The fourth-order valence-electron chi connectivity index (χ4n) is 12.5. The summed E-state index contributed by atoms with van der Waals surface area (Å²) in [6, 6.07) is 48.9. The SMILES string of the molecule is Cc1cc2c(o1)C1(c3ccccc3-c3cc4c5c(oc4cc31)B1c3ccc(C(C)(C)C)cc3N(c3ccc(C(C)(C)C)cc3)c3cc(C(C)(C)C)cc(c31)N5c1ccc(C(C)(C)C)cc1)c1cnccc1-2. The van der Waals surface area contributed by atoms with Crippen LogP contribution in [0.15, 0.2) is 149 Å². The molecule has 0 bridgehead atoms. The van der Waals surface area contributed by atoms with Gasteiger partial charge in [0.15, 0.2) is 0 Å². The largest absolute Gasteiger partial charge is 0.468 e. The molecule has 2 aliphatic carbocycles. The monoisotopic (exact) mass is 927 g/mol. The molecule has 4 aliphatic rings. The number of pyridine rings is 1. The van der Waals surface area contributed by atoms with Gasteiger partial charge in [-0.1, -0.05) is 144 Å². The molecule has 0 saturated heterocycles. The van der Waals surface area contributed by atoms with E-state index in [1.165, 1.54) is 72.5 Å². The Morgan fingerprint density at radius 2 is 1.07 bits per heavy atom.